The fourth-order valence-electron chi connectivity index (χ4n) is 0.935. The van der Waals surface area contributed by atoms with Crippen molar-refractivity contribution in [3.05, 3.63) is 12.7 Å². The van der Waals surface area contributed by atoms with Crippen molar-refractivity contribution in [3.63, 3.8) is 0 Å². The van der Waals surface area contributed by atoms with Crippen molar-refractivity contribution >= 4 is 11.8 Å². The fraction of sp³-hybridized carbons (Fsp3) is 0.429. The van der Waals surface area contributed by atoms with E-state index in [1.54, 1.807) is 6.08 Å². The average molecular weight is 141 g/mol. The Labute approximate surface area is 60.6 Å². The molecule has 56 valence electrons. The zero-order chi connectivity index (χ0) is 7.56. The summed E-state index contributed by atoms with van der Waals surface area (Å²) in [6.07, 6.45) is 2.61. The molecule has 0 aliphatic carbocycles. The lowest BCUT2D eigenvalue weighted by atomic mass is 9.99. The van der Waals surface area contributed by atoms with Gasteiger partial charge in [-0.15, -0.1) is 6.58 Å². The van der Waals surface area contributed by atoms with E-state index in [4.69, 9.17) is 0 Å². The van der Waals surface area contributed by atoms with Crippen LogP contribution in [-0.4, -0.2) is 11.8 Å². The van der Waals surface area contributed by atoms with E-state index in [1.165, 1.54) is 0 Å². The number of rotatable bonds is 1. The molecular formula is C7H11NO2. The topological polar surface area (TPSA) is 46.2 Å². The number of piperidine rings is 1. The Hall–Kier alpha value is -1.12. The summed E-state index contributed by atoms with van der Waals surface area (Å²) >= 11 is 0. The molecule has 0 aromatic rings. The second-order valence-electron chi connectivity index (χ2n) is 2.29. The first kappa shape index (κ1) is 6.99. The molecule has 1 fully saturated rings. The summed E-state index contributed by atoms with van der Waals surface area (Å²) < 4.78 is 0. The van der Waals surface area contributed by atoms with Gasteiger partial charge in [0.2, 0.25) is 11.8 Å². The minimum atomic E-state index is -0.216. The van der Waals surface area contributed by atoms with Crippen molar-refractivity contribution in [1.29, 1.82) is 0 Å². The Morgan fingerprint density at radius 2 is 2.40 bits per heavy atom. The lowest BCUT2D eigenvalue weighted by Crippen LogP contribution is -2.39. The molecule has 1 aliphatic rings. The Kier molecular flexibility index (Phi) is 1.85. The number of nitrogens with one attached hydrogen (secondary N) is 1. The van der Waals surface area contributed by atoms with Crippen LogP contribution in [0, 0.1) is 5.92 Å². The van der Waals surface area contributed by atoms with E-state index in [-0.39, 0.29) is 19.2 Å². The first-order valence-corrected chi connectivity index (χ1v) is 3.20. The van der Waals surface area contributed by atoms with Gasteiger partial charge in [0.1, 0.15) is 0 Å². The van der Waals surface area contributed by atoms with Crippen molar-refractivity contribution in [2.75, 3.05) is 0 Å². The number of hydrogen-bond donors (Lipinski definition) is 1. The second-order valence-corrected chi connectivity index (χ2v) is 2.29. The van der Waals surface area contributed by atoms with Gasteiger partial charge in [-0.05, 0) is 6.42 Å². The van der Waals surface area contributed by atoms with Crippen molar-refractivity contribution in [1.82, 2.24) is 5.32 Å². The van der Waals surface area contributed by atoms with Crippen LogP contribution in [0.25, 0.3) is 0 Å². The molecule has 0 radical (unpaired) electrons. The maximum absolute atomic E-state index is 10.8. The largest absolute Gasteiger partial charge is 0.296 e. The summed E-state index contributed by atoms with van der Waals surface area (Å²) in [6.45, 7) is 3.49. The third-order valence-electron chi connectivity index (χ3n) is 1.57. The van der Waals surface area contributed by atoms with E-state index in [0.29, 0.717) is 12.8 Å². The van der Waals surface area contributed by atoms with Gasteiger partial charge in [0.15, 0.2) is 0 Å². The van der Waals surface area contributed by atoms with Gasteiger partial charge in [0.05, 0.1) is 5.92 Å². The van der Waals surface area contributed by atoms with Gasteiger partial charge < -0.3 is 0 Å². The third kappa shape index (κ3) is 1.23. The molecule has 0 saturated carbocycles. The molecule has 3 nitrogen and oxygen atoms in total. The standard InChI is InChI=1S/C7H9NO2.H2/c1-2-5-3-4-6(9)8-7(5)10;/h2,5H,1,3-4H2,(H,8,9,10);1H. The van der Waals surface area contributed by atoms with Crippen LogP contribution in [0.15, 0.2) is 12.7 Å². The maximum atomic E-state index is 10.8. The van der Waals surface area contributed by atoms with Gasteiger partial charge >= 0.3 is 0 Å². The number of carbonyl (C=O) groups is 2. The highest BCUT2D eigenvalue weighted by Gasteiger charge is 2.23. The second kappa shape index (κ2) is 2.64. The number of imide groups is 1. The average Bonchev–Trinajstić information content (AvgIpc) is 1.88. The predicted octanol–water partition coefficient (Wildman–Crippen LogP) is 0.471. The number of carbonyl (C=O) groups excluding carboxylic acids is 2. The van der Waals surface area contributed by atoms with Crippen LogP contribution >= 0.6 is 0 Å². The monoisotopic (exact) mass is 141 g/mol. The molecule has 1 N–H and O–H groups in total. The van der Waals surface area contributed by atoms with Gasteiger partial charge in [-0.2, -0.15) is 0 Å². The third-order valence-corrected chi connectivity index (χ3v) is 1.57. The Morgan fingerprint density at radius 3 is 2.90 bits per heavy atom. The zero-order valence-corrected chi connectivity index (χ0v) is 5.59. The van der Waals surface area contributed by atoms with E-state index < -0.39 is 0 Å². The maximum Gasteiger partial charge on any atom is 0.233 e. The van der Waals surface area contributed by atoms with Crippen LogP contribution in [0.4, 0.5) is 0 Å². The molecule has 1 unspecified atom stereocenters. The van der Waals surface area contributed by atoms with Crippen molar-refractivity contribution in [2.24, 2.45) is 5.92 Å². The van der Waals surface area contributed by atoms with E-state index >= 15 is 0 Å². The molecule has 0 spiro atoms. The molecule has 3 heteroatoms. The minimum Gasteiger partial charge on any atom is -0.296 e. The first-order chi connectivity index (χ1) is 4.74. The lowest BCUT2D eigenvalue weighted by molar-refractivity contribution is -0.135. The lowest BCUT2D eigenvalue weighted by Gasteiger charge is -2.16. The molecule has 2 amide bonds. The van der Waals surface area contributed by atoms with Gasteiger partial charge in [-0.25, -0.2) is 0 Å². The Bertz CT molecular complexity index is 191. The molecule has 1 rings (SSSR count). The van der Waals surface area contributed by atoms with Crippen molar-refractivity contribution in [3.8, 4) is 0 Å². The highest BCUT2D eigenvalue weighted by atomic mass is 16.2. The van der Waals surface area contributed by atoms with Gasteiger partial charge in [0.25, 0.3) is 0 Å². The molecule has 1 heterocycles. The van der Waals surface area contributed by atoms with Gasteiger partial charge in [-0.3, -0.25) is 14.9 Å². The SMILES string of the molecule is C=CC1CCC(=O)NC1=O.[HH]. The fourth-order valence-corrected chi connectivity index (χ4v) is 0.935. The Balaban J connectivity index is 0.000001000. The zero-order valence-electron chi connectivity index (χ0n) is 5.59. The van der Waals surface area contributed by atoms with Gasteiger partial charge in [-0.1, -0.05) is 6.08 Å². The van der Waals surface area contributed by atoms with E-state index in [9.17, 15) is 9.59 Å². The molecule has 1 aliphatic heterocycles. The summed E-state index contributed by atoms with van der Waals surface area (Å²) in [7, 11) is 0. The van der Waals surface area contributed by atoms with E-state index in [2.05, 4.69) is 11.9 Å². The van der Waals surface area contributed by atoms with Crippen LogP contribution in [0.5, 0.6) is 0 Å². The minimum absolute atomic E-state index is 0. The highest BCUT2D eigenvalue weighted by Crippen LogP contribution is 2.11. The molecule has 10 heavy (non-hydrogen) atoms. The summed E-state index contributed by atoms with van der Waals surface area (Å²) in [5, 5.41) is 2.23. The van der Waals surface area contributed by atoms with Crippen molar-refractivity contribution in [2.45, 2.75) is 12.8 Å². The first-order valence-electron chi connectivity index (χ1n) is 3.20. The predicted molar refractivity (Wildman–Crippen MR) is 38.2 cm³/mol. The molecule has 0 aromatic heterocycles. The smallest absolute Gasteiger partial charge is 0.233 e. The normalized spacial score (nSPS) is 25.8. The summed E-state index contributed by atoms with van der Waals surface area (Å²) in [6, 6.07) is 0. The molecule has 0 aromatic carbocycles. The van der Waals surface area contributed by atoms with E-state index in [1.807, 2.05) is 0 Å². The molecule has 0 bridgehead atoms. The van der Waals surface area contributed by atoms with E-state index in [0.717, 1.165) is 0 Å². The summed E-state index contributed by atoms with van der Waals surface area (Å²) in [5.41, 5.74) is 0. The van der Waals surface area contributed by atoms with Crippen LogP contribution in [0.2, 0.25) is 0 Å². The molecular weight excluding hydrogens is 130 g/mol. The number of amides is 2. The van der Waals surface area contributed by atoms with Crippen LogP contribution in [0.1, 0.15) is 14.3 Å². The van der Waals surface area contributed by atoms with Crippen molar-refractivity contribution < 1.29 is 11.0 Å². The quantitative estimate of drug-likeness (QED) is 0.426. The van der Waals surface area contributed by atoms with Crippen LogP contribution in [0.3, 0.4) is 0 Å². The molecule has 1 atom stereocenters. The highest BCUT2D eigenvalue weighted by molar-refractivity contribution is 5.99. The summed E-state index contributed by atoms with van der Waals surface area (Å²) in [5.74, 6) is -0.563. The van der Waals surface area contributed by atoms with Gasteiger partial charge in [0, 0.05) is 7.85 Å². The molecule has 1 saturated heterocycles. The Morgan fingerprint density at radius 1 is 1.70 bits per heavy atom. The van der Waals surface area contributed by atoms with Crippen LogP contribution < -0.4 is 5.32 Å². The van der Waals surface area contributed by atoms with Crippen LogP contribution in [-0.2, 0) is 9.59 Å². The summed E-state index contributed by atoms with van der Waals surface area (Å²) in [4.78, 5) is 21.4. The number of hydrogen-bond acceptors (Lipinski definition) is 2.